The third-order valence-electron chi connectivity index (χ3n) is 3.88. The molecule has 0 saturated carbocycles. The first-order chi connectivity index (χ1) is 11.6. The molecule has 1 amide bonds. The molecule has 128 valence electrons. The second kappa shape index (κ2) is 9.01. The lowest BCUT2D eigenvalue weighted by Gasteiger charge is -2.18. The Morgan fingerprint density at radius 2 is 1.96 bits per heavy atom. The molecule has 0 aliphatic heterocycles. The molecule has 1 aromatic carbocycles. The molecule has 4 nitrogen and oxygen atoms in total. The van der Waals surface area contributed by atoms with Crippen molar-refractivity contribution in [1.82, 2.24) is 10.3 Å². The summed E-state index contributed by atoms with van der Waals surface area (Å²) in [4.78, 5) is 18.5. The highest BCUT2D eigenvalue weighted by atomic mass is 19.1. The molecule has 1 heterocycles. The van der Waals surface area contributed by atoms with E-state index in [-0.39, 0.29) is 11.7 Å². The standard InChI is InChI=1S/C19H24FN3O/c1-3-4-13-23(2)17-9-10-18(22-14-17)19(24)21-12-11-15-5-7-16(20)8-6-15/h5-10,14H,3-4,11-13H2,1-2H3,(H,21,24). The summed E-state index contributed by atoms with van der Waals surface area (Å²) in [6.07, 6.45) is 4.66. The van der Waals surface area contributed by atoms with Gasteiger partial charge < -0.3 is 10.2 Å². The number of halogens is 1. The van der Waals surface area contributed by atoms with Gasteiger partial charge in [0.05, 0.1) is 11.9 Å². The topological polar surface area (TPSA) is 45.2 Å². The number of aromatic nitrogens is 1. The van der Waals surface area contributed by atoms with E-state index in [1.165, 1.54) is 12.1 Å². The second-order valence-electron chi connectivity index (χ2n) is 5.81. The molecule has 0 aliphatic carbocycles. The zero-order valence-corrected chi connectivity index (χ0v) is 14.3. The lowest BCUT2D eigenvalue weighted by Crippen LogP contribution is -2.26. The quantitative estimate of drug-likeness (QED) is 0.807. The van der Waals surface area contributed by atoms with Crippen molar-refractivity contribution in [3.8, 4) is 0 Å². The van der Waals surface area contributed by atoms with E-state index in [4.69, 9.17) is 0 Å². The predicted octanol–water partition coefficient (Wildman–Crippen LogP) is 3.43. The summed E-state index contributed by atoms with van der Waals surface area (Å²) in [6, 6.07) is 9.95. The van der Waals surface area contributed by atoms with E-state index in [1.807, 2.05) is 13.1 Å². The van der Waals surface area contributed by atoms with Crippen LogP contribution in [0.25, 0.3) is 0 Å². The summed E-state index contributed by atoms with van der Waals surface area (Å²) in [6.45, 7) is 3.62. The highest BCUT2D eigenvalue weighted by Gasteiger charge is 2.08. The van der Waals surface area contributed by atoms with Gasteiger partial charge in [0.2, 0.25) is 0 Å². The Hall–Kier alpha value is -2.43. The number of nitrogens with zero attached hydrogens (tertiary/aromatic N) is 2. The lowest BCUT2D eigenvalue weighted by atomic mass is 10.1. The third kappa shape index (κ3) is 5.33. The number of carbonyl (C=O) groups is 1. The molecular formula is C19H24FN3O. The summed E-state index contributed by atoms with van der Waals surface area (Å²) in [7, 11) is 2.02. The number of benzene rings is 1. The number of amides is 1. The molecule has 0 unspecified atom stereocenters. The first-order valence-corrected chi connectivity index (χ1v) is 8.30. The lowest BCUT2D eigenvalue weighted by molar-refractivity contribution is 0.0949. The Labute approximate surface area is 142 Å². The molecule has 0 saturated heterocycles. The fourth-order valence-corrected chi connectivity index (χ4v) is 2.33. The maximum atomic E-state index is 12.8. The van der Waals surface area contributed by atoms with Crippen molar-refractivity contribution in [1.29, 1.82) is 0 Å². The van der Waals surface area contributed by atoms with E-state index in [0.29, 0.717) is 18.7 Å². The van der Waals surface area contributed by atoms with Crippen LogP contribution in [0.15, 0.2) is 42.6 Å². The van der Waals surface area contributed by atoms with Gasteiger partial charge in [0.1, 0.15) is 11.5 Å². The molecule has 2 rings (SSSR count). The van der Waals surface area contributed by atoms with Crippen molar-refractivity contribution in [3.05, 3.63) is 59.7 Å². The van der Waals surface area contributed by atoms with Gasteiger partial charge in [-0.2, -0.15) is 0 Å². The van der Waals surface area contributed by atoms with Gasteiger partial charge in [-0.25, -0.2) is 9.37 Å². The summed E-state index contributed by atoms with van der Waals surface area (Å²) in [5.74, 6) is -0.448. The molecule has 0 fully saturated rings. The molecule has 1 N–H and O–H groups in total. The van der Waals surface area contributed by atoms with Gasteiger partial charge in [-0.05, 0) is 42.7 Å². The van der Waals surface area contributed by atoms with Crippen LogP contribution in [0.1, 0.15) is 35.8 Å². The minimum atomic E-state index is -0.254. The Bertz CT molecular complexity index is 641. The number of hydrogen-bond donors (Lipinski definition) is 1. The van der Waals surface area contributed by atoms with Crippen molar-refractivity contribution < 1.29 is 9.18 Å². The Morgan fingerprint density at radius 1 is 1.21 bits per heavy atom. The monoisotopic (exact) mass is 329 g/mol. The van der Waals surface area contributed by atoms with Crippen LogP contribution < -0.4 is 10.2 Å². The van der Waals surface area contributed by atoms with Crippen molar-refractivity contribution >= 4 is 11.6 Å². The number of rotatable bonds is 8. The van der Waals surface area contributed by atoms with Crippen LogP contribution in [0.3, 0.4) is 0 Å². The van der Waals surface area contributed by atoms with Gasteiger partial charge in [0.15, 0.2) is 0 Å². The summed E-state index contributed by atoms with van der Waals surface area (Å²) < 4.78 is 12.8. The van der Waals surface area contributed by atoms with Gasteiger partial charge in [-0.15, -0.1) is 0 Å². The maximum Gasteiger partial charge on any atom is 0.269 e. The SMILES string of the molecule is CCCCN(C)c1ccc(C(=O)NCCc2ccc(F)cc2)nc1. The minimum Gasteiger partial charge on any atom is -0.373 e. The van der Waals surface area contributed by atoms with Crippen molar-refractivity contribution in [3.63, 3.8) is 0 Å². The molecular weight excluding hydrogens is 305 g/mol. The molecule has 2 aromatic rings. The number of nitrogens with one attached hydrogen (secondary N) is 1. The zero-order chi connectivity index (χ0) is 17.4. The number of unbranched alkanes of at least 4 members (excludes halogenated alkanes) is 1. The van der Waals surface area contributed by atoms with Crippen molar-refractivity contribution in [2.24, 2.45) is 0 Å². The highest BCUT2D eigenvalue weighted by Crippen LogP contribution is 2.12. The van der Waals surface area contributed by atoms with Crippen LogP contribution in [0.2, 0.25) is 0 Å². The second-order valence-corrected chi connectivity index (χ2v) is 5.81. The molecule has 0 aliphatic rings. The Morgan fingerprint density at radius 3 is 2.58 bits per heavy atom. The van der Waals surface area contributed by atoms with Crippen LogP contribution in [-0.2, 0) is 6.42 Å². The van der Waals surface area contributed by atoms with E-state index < -0.39 is 0 Å². The molecule has 0 atom stereocenters. The van der Waals surface area contributed by atoms with E-state index in [2.05, 4.69) is 22.1 Å². The maximum absolute atomic E-state index is 12.8. The van der Waals surface area contributed by atoms with Crippen LogP contribution in [0, 0.1) is 5.82 Å². The van der Waals surface area contributed by atoms with Crippen LogP contribution in [0.4, 0.5) is 10.1 Å². The summed E-state index contributed by atoms with van der Waals surface area (Å²) >= 11 is 0. The average Bonchev–Trinajstić information content (AvgIpc) is 2.61. The minimum absolute atomic E-state index is 0.195. The Kier molecular flexibility index (Phi) is 6.73. The largest absolute Gasteiger partial charge is 0.373 e. The number of pyridine rings is 1. The normalized spacial score (nSPS) is 10.5. The van der Waals surface area contributed by atoms with Crippen molar-refractivity contribution in [2.75, 3.05) is 25.0 Å². The Balaban J connectivity index is 1.82. The number of hydrogen-bond acceptors (Lipinski definition) is 3. The fraction of sp³-hybridized carbons (Fsp3) is 0.368. The van der Waals surface area contributed by atoms with Crippen molar-refractivity contribution in [2.45, 2.75) is 26.2 Å². The summed E-state index contributed by atoms with van der Waals surface area (Å²) in [5.41, 5.74) is 2.39. The van der Waals surface area contributed by atoms with Gasteiger partial charge in [-0.3, -0.25) is 4.79 Å². The van der Waals surface area contributed by atoms with Crippen LogP contribution >= 0.6 is 0 Å². The molecule has 0 radical (unpaired) electrons. The number of carbonyl (C=O) groups excluding carboxylic acids is 1. The van der Waals surface area contributed by atoms with E-state index in [0.717, 1.165) is 30.6 Å². The highest BCUT2D eigenvalue weighted by molar-refractivity contribution is 5.92. The molecule has 5 heteroatoms. The number of anilines is 1. The first kappa shape index (κ1) is 17.9. The average molecular weight is 329 g/mol. The fourth-order valence-electron chi connectivity index (χ4n) is 2.33. The first-order valence-electron chi connectivity index (χ1n) is 8.30. The van der Waals surface area contributed by atoms with Gasteiger partial charge in [0, 0.05) is 20.1 Å². The van der Waals surface area contributed by atoms with Gasteiger partial charge >= 0.3 is 0 Å². The molecule has 24 heavy (non-hydrogen) atoms. The molecule has 0 bridgehead atoms. The smallest absolute Gasteiger partial charge is 0.269 e. The van der Waals surface area contributed by atoms with Crippen LogP contribution in [0.5, 0.6) is 0 Å². The zero-order valence-electron chi connectivity index (χ0n) is 14.3. The van der Waals surface area contributed by atoms with Crippen LogP contribution in [-0.4, -0.2) is 31.0 Å². The van der Waals surface area contributed by atoms with Gasteiger partial charge in [0.25, 0.3) is 5.91 Å². The van der Waals surface area contributed by atoms with E-state index in [9.17, 15) is 9.18 Å². The summed E-state index contributed by atoms with van der Waals surface area (Å²) in [5, 5.41) is 2.84. The van der Waals surface area contributed by atoms with E-state index >= 15 is 0 Å². The third-order valence-corrected chi connectivity index (χ3v) is 3.88. The molecule has 1 aromatic heterocycles. The predicted molar refractivity (Wildman–Crippen MR) is 94.9 cm³/mol. The van der Waals surface area contributed by atoms with E-state index in [1.54, 1.807) is 24.4 Å². The molecule has 0 spiro atoms. The van der Waals surface area contributed by atoms with Gasteiger partial charge in [-0.1, -0.05) is 25.5 Å².